The molecule has 10 aromatic carbocycles. The Hall–Kier alpha value is -7.42. The van der Waals surface area contributed by atoms with Crippen LogP contribution in [0.5, 0.6) is 11.5 Å². The van der Waals surface area contributed by atoms with E-state index < -0.39 is 0 Å². The molecule has 0 N–H and O–H groups in total. The van der Waals surface area contributed by atoms with Crippen molar-refractivity contribution in [3.63, 3.8) is 0 Å². The third-order valence-electron chi connectivity index (χ3n) is 12.8. The molecule has 0 amide bonds. The highest BCUT2D eigenvalue weighted by Gasteiger charge is 2.36. The first-order valence-electron chi connectivity index (χ1n) is 20.5. The number of ether oxygens (including phenoxy) is 1. The number of fused-ring (bicyclic) bond motifs is 12. The van der Waals surface area contributed by atoms with Gasteiger partial charge in [-0.3, -0.25) is 0 Å². The molecule has 12 rings (SSSR count). The van der Waals surface area contributed by atoms with Crippen molar-refractivity contribution in [1.29, 1.82) is 0 Å². The highest BCUT2D eigenvalue weighted by Crippen LogP contribution is 2.57. The summed E-state index contributed by atoms with van der Waals surface area (Å²) in [6.07, 6.45) is 0. The summed E-state index contributed by atoms with van der Waals surface area (Å²) in [4.78, 5) is 2.46. The second-order valence-electron chi connectivity index (χ2n) is 16.4. The van der Waals surface area contributed by atoms with E-state index in [9.17, 15) is 0 Å². The fourth-order valence-corrected chi connectivity index (χ4v) is 9.97. The maximum Gasteiger partial charge on any atom is 0.159 e. The molecule has 0 aromatic heterocycles. The number of para-hydroxylation sites is 2. The third kappa shape index (κ3) is 5.06. The molecule has 2 aliphatic rings. The zero-order chi connectivity index (χ0) is 39.2. The lowest BCUT2D eigenvalue weighted by molar-refractivity contribution is 0.490. The van der Waals surface area contributed by atoms with Crippen LogP contribution in [0.25, 0.3) is 76.8 Å². The van der Waals surface area contributed by atoms with E-state index in [1.54, 1.807) is 0 Å². The second-order valence-corrected chi connectivity index (χ2v) is 16.4. The van der Waals surface area contributed by atoms with E-state index in [1.165, 1.54) is 54.6 Å². The fourth-order valence-electron chi connectivity index (χ4n) is 9.97. The molecule has 1 aliphatic carbocycles. The van der Waals surface area contributed by atoms with Gasteiger partial charge in [0.25, 0.3) is 0 Å². The molecule has 10 aromatic rings. The predicted octanol–water partition coefficient (Wildman–Crippen LogP) is 16.0. The van der Waals surface area contributed by atoms with Crippen molar-refractivity contribution in [1.82, 2.24) is 0 Å². The first-order valence-corrected chi connectivity index (χ1v) is 20.5. The van der Waals surface area contributed by atoms with Crippen LogP contribution in [0.4, 0.5) is 17.1 Å². The highest BCUT2D eigenvalue weighted by molar-refractivity contribution is 6.15. The largest absolute Gasteiger partial charge is 0.453 e. The third-order valence-corrected chi connectivity index (χ3v) is 12.8. The standard InChI is InChI=1S/C57H39NO/c1-57(2)51-28-13-12-23-44(51)45-31-30-40(35-52(45)57)58(54-34-39-20-8-9-21-41(39)43-22-10-11-24-46(43)54)53-29-15-27-48-50-33-38-19-7-6-18-37(38)32-49(50)47-26-14-25-42(55(47)59-56(48)53)36-16-4-3-5-17-36/h3-35H,1-2H3. The van der Waals surface area contributed by atoms with Gasteiger partial charge < -0.3 is 9.64 Å². The molecule has 0 fully saturated rings. The topological polar surface area (TPSA) is 12.5 Å². The molecule has 0 radical (unpaired) electrons. The molecule has 1 aliphatic heterocycles. The van der Waals surface area contributed by atoms with Crippen LogP contribution in [0.1, 0.15) is 25.0 Å². The van der Waals surface area contributed by atoms with Crippen LogP contribution in [-0.2, 0) is 5.41 Å². The summed E-state index contributed by atoms with van der Waals surface area (Å²) in [5.41, 5.74) is 14.9. The Morgan fingerprint density at radius 3 is 1.71 bits per heavy atom. The summed E-state index contributed by atoms with van der Waals surface area (Å²) in [6.45, 7) is 4.72. The molecule has 59 heavy (non-hydrogen) atoms. The van der Waals surface area contributed by atoms with E-state index in [4.69, 9.17) is 4.74 Å². The van der Waals surface area contributed by atoms with Gasteiger partial charge in [-0.2, -0.15) is 0 Å². The Bertz CT molecular complexity index is 3340. The van der Waals surface area contributed by atoms with Crippen molar-refractivity contribution in [2.24, 2.45) is 0 Å². The van der Waals surface area contributed by atoms with E-state index >= 15 is 0 Å². The van der Waals surface area contributed by atoms with Gasteiger partial charge in [0.15, 0.2) is 5.75 Å². The van der Waals surface area contributed by atoms with Crippen LogP contribution in [0, 0.1) is 0 Å². The van der Waals surface area contributed by atoms with Gasteiger partial charge in [-0.1, -0.05) is 178 Å². The van der Waals surface area contributed by atoms with Gasteiger partial charge >= 0.3 is 0 Å². The van der Waals surface area contributed by atoms with Crippen molar-refractivity contribution in [2.45, 2.75) is 19.3 Å². The van der Waals surface area contributed by atoms with Crippen LogP contribution in [0.3, 0.4) is 0 Å². The van der Waals surface area contributed by atoms with Crippen LogP contribution >= 0.6 is 0 Å². The monoisotopic (exact) mass is 753 g/mol. The number of hydrogen-bond donors (Lipinski definition) is 0. The maximum absolute atomic E-state index is 7.59. The number of nitrogens with zero attached hydrogens (tertiary/aromatic N) is 1. The Balaban J connectivity index is 1.19. The molecule has 0 unspecified atom stereocenters. The summed E-state index contributed by atoms with van der Waals surface area (Å²) < 4.78 is 7.59. The molecule has 2 nitrogen and oxygen atoms in total. The fraction of sp³-hybridized carbons (Fsp3) is 0.0526. The second kappa shape index (κ2) is 12.8. The van der Waals surface area contributed by atoms with Crippen molar-refractivity contribution in [3.8, 4) is 56.0 Å². The quantitative estimate of drug-likeness (QED) is 0.166. The van der Waals surface area contributed by atoms with Crippen LogP contribution in [0.15, 0.2) is 200 Å². The van der Waals surface area contributed by atoms with E-state index in [-0.39, 0.29) is 5.41 Å². The van der Waals surface area contributed by atoms with Crippen molar-refractivity contribution in [2.75, 3.05) is 4.90 Å². The summed E-state index contributed by atoms with van der Waals surface area (Å²) in [5, 5.41) is 7.23. The van der Waals surface area contributed by atoms with E-state index in [2.05, 4.69) is 219 Å². The van der Waals surface area contributed by atoms with E-state index in [1.807, 2.05) is 0 Å². The van der Waals surface area contributed by atoms with Crippen LogP contribution in [-0.4, -0.2) is 0 Å². The molecule has 0 saturated heterocycles. The Morgan fingerprint density at radius 1 is 0.356 bits per heavy atom. The Labute approximate surface area is 344 Å². The van der Waals surface area contributed by atoms with Gasteiger partial charge in [0.1, 0.15) is 5.75 Å². The lowest BCUT2D eigenvalue weighted by Gasteiger charge is -2.31. The van der Waals surface area contributed by atoms with Gasteiger partial charge in [-0.15, -0.1) is 0 Å². The number of hydrogen-bond acceptors (Lipinski definition) is 2. The van der Waals surface area contributed by atoms with Crippen molar-refractivity contribution in [3.05, 3.63) is 211 Å². The molecule has 1 heterocycles. The molecule has 0 saturated carbocycles. The first-order chi connectivity index (χ1) is 29.0. The summed E-state index contributed by atoms with van der Waals surface area (Å²) in [7, 11) is 0. The summed E-state index contributed by atoms with van der Waals surface area (Å²) in [5.74, 6) is 1.68. The van der Waals surface area contributed by atoms with Gasteiger partial charge in [0.05, 0.1) is 11.4 Å². The van der Waals surface area contributed by atoms with Crippen molar-refractivity contribution >= 4 is 49.4 Å². The molecular formula is C57H39NO. The van der Waals surface area contributed by atoms with Gasteiger partial charge in [0, 0.05) is 33.2 Å². The molecule has 0 atom stereocenters. The smallest absolute Gasteiger partial charge is 0.159 e. The minimum Gasteiger partial charge on any atom is -0.453 e. The average molecular weight is 754 g/mol. The highest BCUT2D eigenvalue weighted by atomic mass is 16.5. The molecule has 0 bridgehead atoms. The lowest BCUT2D eigenvalue weighted by Crippen LogP contribution is -2.17. The van der Waals surface area contributed by atoms with Gasteiger partial charge in [0.2, 0.25) is 0 Å². The predicted molar refractivity (Wildman–Crippen MR) is 248 cm³/mol. The Kier molecular flexibility index (Phi) is 7.31. The SMILES string of the molecule is CC1(C)c2ccccc2-c2ccc(N(c3cccc4c3Oc3c(-c5ccccc5)cccc3-c3cc5ccccc5cc3-4)c3cc4ccccc4c4ccccc34)cc21. The zero-order valence-corrected chi connectivity index (χ0v) is 32.9. The normalized spacial score (nSPS) is 13.2. The first kappa shape index (κ1) is 33.7. The van der Waals surface area contributed by atoms with Crippen LogP contribution < -0.4 is 9.64 Å². The lowest BCUT2D eigenvalue weighted by atomic mass is 9.82. The number of rotatable bonds is 4. The number of benzene rings is 10. The molecule has 278 valence electrons. The average Bonchev–Trinajstić information content (AvgIpc) is 3.42. The summed E-state index contributed by atoms with van der Waals surface area (Å²) >= 11 is 0. The minimum absolute atomic E-state index is 0.174. The van der Waals surface area contributed by atoms with Crippen LogP contribution in [0.2, 0.25) is 0 Å². The zero-order valence-electron chi connectivity index (χ0n) is 32.9. The molecule has 0 spiro atoms. The van der Waals surface area contributed by atoms with Crippen molar-refractivity contribution < 1.29 is 4.74 Å². The van der Waals surface area contributed by atoms with Gasteiger partial charge in [-0.05, 0) is 102 Å². The molecule has 2 heteroatoms. The molecular weight excluding hydrogens is 715 g/mol. The van der Waals surface area contributed by atoms with Gasteiger partial charge in [-0.25, -0.2) is 0 Å². The number of anilines is 3. The minimum atomic E-state index is -0.174. The van der Waals surface area contributed by atoms with E-state index in [0.29, 0.717) is 0 Å². The maximum atomic E-state index is 7.59. The Morgan fingerprint density at radius 2 is 0.932 bits per heavy atom. The van der Waals surface area contributed by atoms with E-state index in [0.717, 1.165) is 61.9 Å². The summed E-state index contributed by atoms with van der Waals surface area (Å²) in [6, 6.07) is 73.2.